The fourth-order valence-corrected chi connectivity index (χ4v) is 0.599. The highest BCUT2D eigenvalue weighted by atomic mass is 14.7. The molecule has 0 aromatic heterocycles. The van der Waals surface area contributed by atoms with Crippen molar-refractivity contribution in [1.82, 2.24) is 0 Å². The van der Waals surface area contributed by atoms with Crippen molar-refractivity contribution in [3.63, 3.8) is 0 Å². The maximum atomic E-state index is 4.15. The first-order valence-electron chi connectivity index (χ1n) is 3.84. The van der Waals surface area contributed by atoms with Crippen molar-refractivity contribution in [2.24, 2.45) is 4.99 Å². The van der Waals surface area contributed by atoms with Gasteiger partial charge in [-0.2, -0.15) is 0 Å². The van der Waals surface area contributed by atoms with Crippen LogP contribution in [0.5, 0.6) is 0 Å². The van der Waals surface area contributed by atoms with Crippen LogP contribution in [0.2, 0.25) is 0 Å². The van der Waals surface area contributed by atoms with E-state index in [9.17, 15) is 0 Å². The van der Waals surface area contributed by atoms with Crippen LogP contribution >= 0.6 is 0 Å². The van der Waals surface area contributed by atoms with Gasteiger partial charge in [-0.25, -0.2) is 0 Å². The standard InChI is InChI=1S/C11H15N/c1-5-7-8-10(3)11(4)12-9-6-2/h5-9H,1-2H2,3-4H3/b8-7-,11-10+,12-9?. The van der Waals surface area contributed by atoms with Gasteiger partial charge in [-0.05, 0) is 19.4 Å². The summed E-state index contributed by atoms with van der Waals surface area (Å²) in [6.45, 7) is 11.1. The molecule has 0 saturated heterocycles. The normalized spacial score (nSPS) is 13.5. The van der Waals surface area contributed by atoms with Crippen LogP contribution in [0, 0.1) is 0 Å². The van der Waals surface area contributed by atoms with Gasteiger partial charge >= 0.3 is 0 Å². The minimum absolute atomic E-state index is 0.994. The molecular formula is C11H15N. The second kappa shape index (κ2) is 6.35. The Hall–Kier alpha value is -1.37. The summed E-state index contributed by atoms with van der Waals surface area (Å²) < 4.78 is 0. The zero-order valence-electron chi connectivity index (χ0n) is 7.75. The SMILES string of the molecule is C=CC=N/C(C)=C(C)/C=C\C=C. The molecule has 0 amide bonds. The monoisotopic (exact) mass is 161 g/mol. The number of rotatable bonds is 4. The predicted molar refractivity (Wildman–Crippen MR) is 56.4 cm³/mol. The van der Waals surface area contributed by atoms with E-state index in [4.69, 9.17) is 0 Å². The largest absolute Gasteiger partial charge is 0.261 e. The van der Waals surface area contributed by atoms with Gasteiger partial charge < -0.3 is 0 Å². The highest BCUT2D eigenvalue weighted by Gasteiger charge is 1.86. The molecule has 0 aromatic carbocycles. The third-order valence-corrected chi connectivity index (χ3v) is 1.43. The smallest absolute Gasteiger partial charge is 0.0401 e. The van der Waals surface area contributed by atoms with E-state index < -0.39 is 0 Å². The van der Waals surface area contributed by atoms with Crippen LogP contribution in [0.25, 0.3) is 0 Å². The van der Waals surface area contributed by atoms with Gasteiger partial charge in [0.15, 0.2) is 0 Å². The molecule has 0 unspecified atom stereocenters. The Morgan fingerprint density at radius 1 is 1.17 bits per heavy atom. The summed E-state index contributed by atoms with van der Waals surface area (Å²) in [5, 5.41) is 0. The fraction of sp³-hybridized carbons (Fsp3) is 0.182. The molecule has 0 aliphatic heterocycles. The van der Waals surface area contributed by atoms with Crippen LogP contribution in [0.1, 0.15) is 13.8 Å². The zero-order valence-corrected chi connectivity index (χ0v) is 7.75. The van der Waals surface area contributed by atoms with Crippen LogP contribution in [0.15, 0.2) is 53.7 Å². The van der Waals surface area contributed by atoms with Crippen LogP contribution in [0.3, 0.4) is 0 Å². The summed E-state index contributed by atoms with van der Waals surface area (Å²) in [5.41, 5.74) is 2.13. The van der Waals surface area contributed by atoms with Crippen molar-refractivity contribution < 1.29 is 0 Å². The van der Waals surface area contributed by atoms with E-state index >= 15 is 0 Å². The number of nitrogens with zero attached hydrogens (tertiary/aromatic N) is 1. The Kier molecular flexibility index (Phi) is 5.62. The summed E-state index contributed by atoms with van der Waals surface area (Å²) in [6.07, 6.45) is 8.95. The van der Waals surface area contributed by atoms with Gasteiger partial charge in [0.2, 0.25) is 0 Å². The van der Waals surface area contributed by atoms with E-state index in [1.807, 2.05) is 26.0 Å². The Morgan fingerprint density at radius 2 is 1.83 bits per heavy atom. The van der Waals surface area contributed by atoms with E-state index in [1.165, 1.54) is 0 Å². The lowest BCUT2D eigenvalue weighted by Gasteiger charge is -1.94. The van der Waals surface area contributed by atoms with Gasteiger partial charge in [0.25, 0.3) is 0 Å². The van der Waals surface area contributed by atoms with Gasteiger partial charge in [0, 0.05) is 11.9 Å². The lowest BCUT2D eigenvalue weighted by Crippen LogP contribution is -1.76. The Morgan fingerprint density at radius 3 is 2.33 bits per heavy atom. The molecule has 0 radical (unpaired) electrons. The molecule has 0 aromatic rings. The molecule has 0 fully saturated rings. The highest BCUT2D eigenvalue weighted by Crippen LogP contribution is 2.05. The maximum absolute atomic E-state index is 4.15. The average molecular weight is 161 g/mol. The van der Waals surface area contributed by atoms with Gasteiger partial charge in [0.05, 0.1) is 0 Å². The van der Waals surface area contributed by atoms with Crippen molar-refractivity contribution >= 4 is 6.21 Å². The Balaban J connectivity index is 4.44. The molecule has 0 saturated carbocycles. The third kappa shape index (κ3) is 4.45. The summed E-state index contributed by atoms with van der Waals surface area (Å²) >= 11 is 0. The second-order valence-corrected chi connectivity index (χ2v) is 2.38. The number of aliphatic imine (C=N–C) groups is 1. The average Bonchev–Trinajstić information content (AvgIpc) is 2.10. The first-order valence-corrected chi connectivity index (χ1v) is 3.84. The van der Waals surface area contributed by atoms with Gasteiger partial charge in [-0.3, -0.25) is 4.99 Å². The molecule has 0 rings (SSSR count). The molecule has 1 nitrogen and oxygen atoms in total. The number of allylic oxidation sites excluding steroid dienone is 6. The van der Waals surface area contributed by atoms with E-state index in [0.717, 1.165) is 11.3 Å². The molecule has 1 heteroatoms. The van der Waals surface area contributed by atoms with Crippen LogP contribution in [0.4, 0.5) is 0 Å². The quantitative estimate of drug-likeness (QED) is 0.443. The number of hydrogen-bond acceptors (Lipinski definition) is 1. The number of hydrogen-bond donors (Lipinski definition) is 0. The molecule has 64 valence electrons. The molecule has 0 heterocycles. The first kappa shape index (κ1) is 10.6. The molecule has 12 heavy (non-hydrogen) atoms. The summed E-state index contributed by atoms with van der Waals surface area (Å²) in [4.78, 5) is 4.15. The van der Waals surface area contributed by atoms with Crippen LogP contribution in [-0.4, -0.2) is 6.21 Å². The highest BCUT2D eigenvalue weighted by molar-refractivity contribution is 5.71. The molecule has 0 aliphatic carbocycles. The summed E-state index contributed by atoms with van der Waals surface area (Å²) in [5.74, 6) is 0. The van der Waals surface area contributed by atoms with Crippen LogP contribution in [-0.2, 0) is 0 Å². The van der Waals surface area contributed by atoms with E-state index in [2.05, 4.69) is 18.2 Å². The van der Waals surface area contributed by atoms with Crippen molar-refractivity contribution in [2.75, 3.05) is 0 Å². The van der Waals surface area contributed by atoms with Gasteiger partial charge in [-0.1, -0.05) is 37.5 Å². The molecule has 0 bridgehead atoms. The predicted octanol–water partition coefficient (Wildman–Crippen LogP) is 3.28. The second-order valence-electron chi connectivity index (χ2n) is 2.38. The fourth-order valence-electron chi connectivity index (χ4n) is 0.599. The Bertz CT molecular complexity index is 216. The Labute approximate surface area is 74.5 Å². The molecule has 0 aliphatic rings. The lowest BCUT2D eigenvalue weighted by molar-refractivity contribution is 1.24. The first-order chi connectivity index (χ1) is 5.72. The molecular weight excluding hydrogens is 146 g/mol. The minimum Gasteiger partial charge on any atom is -0.261 e. The topological polar surface area (TPSA) is 12.4 Å². The summed E-state index contributed by atoms with van der Waals surface area (Å²) in [7, 11) is 0. The summed E-state index contributed by atoms with van der Waals surface area (Å²) in [6, 6.07) is 0. The zero-order chi connectivity index (χ0) is 9.40. The lowest BCUT2D eigenvalue weighted by atomic mass is 10.2. The molecule has 0 spiro atoms. The van der Waals surface area contributed by atoms with E-state index in [0.29, 0.717) is 0 Å². The van der Waals surface area contributed by atoms with Gasteiger partial charge in [0.1, 0.15) is 0 Å². The maximum Gasteiger partial charge on any atom is 0.0401 e. The van der Waals surface area contributed by atoms with Crippen molar-refractivity contribution in [2.45, 2.75) is 13.8 Å². The molecule has 0 N–H and O–H groups in total. The third-order valence-electron chi connectivity index (χ3n) is 1.43. The van der Waals surface area contributed by atoms with Crippen LogP contribution < -0.4 is 0 Å². The minimum atomic E-state index is 0.994. The van der Waals surface area contributed by atoms with Crippen molar-refractivity contribution in [3.8, 4) is 0 Å². The van der Waals surface area contributed by atoms with Crippen molar-refractivity contribution in [1.29, 1.82) is 0 Å². The van der Waals surface area contributed by atoms with Crippen molar-refractivity contribution in [3.05, 3.63) is 48.7 Å². The molecule has 0 atom stereocenters. The van der Waals surface area contributed by atoms with E-state index in [-0.39, 0.29) is 0 Å². The van der Waals surface area contributed by atoms with Gasteiger partial charge in [-0.15, -0.1) is 0 Å². The van der Waals surface area contributed by atoms with E-state index in [1.54, 1.807) is 18.4 Å².